The second kappa shape index (κ2) is 9.68. The third kappa shape index (κ3) is 6.76. The maximum Gasteiger partial charge on any atom is 0.308 e. The van der Waals surface area contributed by atoms with Gasteiger partial charge in [0.25, 0.3) is 5.91 Å². The molecular formula is C18H28N2O5S. The summed E-state index contributed by atoms with van der Waals surface area (Å²) in [6.07, 6.45) is 1.13. The number of hydrogen-bond acceptors (Lipinski definition) is 4. The number of carboxylic acid groups (broad SMARTS) is 1. The van der Waals surface area contributed by atoms with E-state index in [-0.39, 0.29) is 29.0 Å². The summed E-state index contributed by atoms with van der Waals surface area (Å²) in [5, 5.41) is 11.8. The molecule has 1 rings (SSSR count). The lowest BCUT2D eigenvalue weighted by molar-refractivity contribution is -0.142. The molecule has 0 heterocycles. The van der Waals surface area contributed by atoms with Gasteiger partial charge in [0.15, 0.2) is 0 Å². The van der Waals surface area contributed by atoms with Crippen LogP contribution in [0.25, 0.3) is 0 Å². The summed E-state index contributed by atoms with van der Waals surface area (Å²) >= 11 is 0. The summed E-state index contributed by atoms with van der Waals surface area (Å²) in [4.78, 5) is 23.5. The van der Waals surface area contributed by atoms with Gasteiger partial charge >= 0.3 is 5.97 Å². The van der Waals surface area contributed by atoms with Crippen molar-refractivity contribution < 1.29 is 23.1 Å². The molecule has 26 heavy (non-hydrogen) atoms. The predicted molar refractivity (Wildman–Crippen MR) is 99.4 cm³/mol. The van der Waals surface area contributed by atoms with Crippen LogP contribution in [0.3, 0.4) is 0 Å². The molecular weight excluding hydrogens is 356 g/mol. The van der Waals surface area contributed by atoms with E-state index in [0.29, 0.717) is 12.8 Å². The summed E-state index contributed by atoms with van der Waals surface area (Å²) in [6.45, 7) is 7.52. The van der Waals surface area contributed by atoms with Gasteiger partial charge in [-0.1, -0.05) is 20.8 Å². The van der Waals surface area contributed by atoms with Crippen LogP contribution in [0.1, 0.15) is 50.9 Å². The Morgan fingerprint density at radius 2 is 1.69 bits per heavy atom. The Morgan fingerprint density at radius 1 is 1.12 bits per heavy atom. The fourth-order valence-corrected chi connectivity index (χ4v) is 3.69. The van der Waals surface area contributed by atoms with E-state index in [0.717, 1.165) is 0 Å². The highest BCUT2D eigenvalue weighted by Crippen LogP contribution is 2.13. The number of benzene rings is 1. The summed E-state index contributed by atoms with van der Waals surface area (Å²) < 4.78 is 26.9. The molecule has 0 saturated carbocycles. The Morgan fingerprint density at radius 3 is 2.15 bits per heavy atom. The van der Waals surface area contributed by atoms with Gasteiger partial charge in [-0.25, -0.2) is 13.1 Å². The molecule has 0 radical (unpaired) electrons. The van der Waals surface area contributed by atoms with Gasteiger partial charge in [0, 0.05) is 18.2 Å². The molecule has 146 valence electrons. The second-order valence-electron chi connectivity index (χ2n) is 6.83. The van der Waals surface area contributed by atoms with Crippen LogP contribution in [0.5, 0.6) is 0 Å². The molecule has 0 aromatic heterocycles. The molecule has 2 atom stereocenters. The van der Waals surface area contributed by atoms with E-state index >= 15 is 0 Å². The Hall–Kier alpha value is -1.93. The Kier molecular flexibility index (Phi) is 8.23. The highest BCUT2D eigenvalue weighted by Gasteiger charge is 2.21. The summed E-state index contributed by atoms with van der Waals surface area (Å²) in [5.41, 5.74) is 0.279. The average molecular weight is 384 g/mol. The first-order valence-electron chi connectivity index (χ1n) is 8.70. The van der Waals surface area contributed by atoms with Gasteiger partial charge in [-0.2, -0.15) is 0 Å². The molecule has 8 heteroatoms. The molecule has 0 spiro atoms. The zero-order valence-corrected chi connectivity index (χ0v) is 16.5. The van der Waals surface area contributed by atoms with Gasteiger partial charge in [-0.15, -0.1) is 0 Å². The number of amides is 1. The number of hydrogen-bond donors (Lipinski definition) is 3. The number of carboxylic acids is 1. The maximum atomic E-state index is 12.2. The predicted octanol–water partition coefficient (Wildman–Crippen LogP) is 2.24. The van der Waals surface area contributed by atoms with E-state index in [2.05, 4.69) is 10.0 Å². The Labute approximate surface area is 155 Å². The second-order valence-corrected chi connectivity index (χ2v) is 8.54. The average Bonchev–Trinajstić information content (AvgIpc) is 2.57. The van der Waals surface area contributed by atoms with Crippen molar-refractivity contribution in [2.45, 2.75) is 51.5 Å². The molecule has 0 aliphatic carbocycles. The van der Waals surface area contributed by atoms with Crippen LogP contribution in [-0.4, -0.2) is 38.0 Å². The van der Waals surface area contributed by atoms with Gasteiger partial charge in [0.2, 0.25) is 10.0 Å². The standard InChI is InChI=1S/C18H28N2O5S/c1-5-13(4)20-26(24,25)16-8-6-14(7-9-16)17(21)19-11-15(18(22)23)10-12(2)3/h6-9,12-13,15,20H,5,10-11H2,1-4H3,(H,19,21)(H,22,23). The normalized spacial score (nSPS) is 14.0. The van der Waals surface area contributed by atoms with Crippen molar-refractivity contribution in [1.82, 2.24) is 10.0 Å². The molecule has 0 bridgehead atoms. The highest BCUT2D eigenvalue weighted by molar-refractivity contribution is 7.89. The first kappa shape index (κ1) is 22.1. The van der Waals surface area contributed by atoms with E-state index in [9.17, 15) is 23.1 Å². The lowest BCUT2D eigenvalue weighted by atomic mass is 9.97. The van der Waals surface area contributed by atoms with Crippen molar-refractivity contribution in [1.29, 1.82) is 0 Å². The maximum absolute atomic E-state index is 12.2. The van der Waals surface area contributed by atoms with Gasteiger partial charge in [0.05, 0.1) is 10.8 Å². The lowest BCUT2D eigenvalue weighted by Crippen LogP contribution is -2.34. The molecule has 0 aliphatic heterocycles. The molecule has 1 aromatic rings. The molecule has 1 aromatic carbocycles. The van der Waals surface area contributed by atoms with Gasteiger partial charge in [0.1, 0.15) is 0 Å². The summed E-state index contributed by atoms with van der Waals surface area (Å²) in [5.74, 6) is -1.83. The number of rotatable bonds is 10. The zero-order valence-electron chi connectivity index (χ0n) is 15.7. The molecule has 2 unspecified atom stereocenters. The third-order valence-corrected chi connectivity index (χ3v) is 5.62. The minimum atomic E-state index is -3.62. The summed E-state index contributed by atoms with van der Waals surface area (Å²) in [6, 6.07) is 5.37. The SMILES string of the molecule is CCC(C)NS(=O)(=O)c1ccc(C(=O)NCC(CC(C)C)C(=O)O)cc1. The van der Waals surface area contributed by atoms with Crippen molar-refractivity contribution in [3.63, 3.8) is 0 Å². The quantitative estimate of drug-likeness (QED) is 0.573. The number of aliphatic carboxylic acids is 1. The first-order valence-corrected chi connectivity index (χ1v) is 10.2. The van der Waals surface area contributed by atoms with Crippen LogP contribution in [0, 0.1) is 11.8 Å². The van der Waals surface area contributed by atoms with Crippen LogP contribution < -0.4 is 10.0 Å². The Bertz CT molecular complexity index is 714. The molecule has 0 fully saturated rings. The topological polar surface area (TPSA) is 113 Å². The highest BCUT2D eigenvalue weighted by atomic mass is 32.2. The number of sulfonamides is 1. The van der Waals surface area contributed by atoms with E-state index in [1.54, 1.807) is 6.92 Å². The van der Waals surface area contributed by atoms with Gasteiger partial charge in [-0.05, 0) is 49.9 Å². The number of carbonyl (C=O) groups is 2. The van der Waals surface area contributed by atoms with Crippen molar-refractivity contribution in [3.8, 4) is 0 Å². The largest absolute Gasteiger partial charge is 0.481 e. The van der Waals surface area contributed by atoms with Crippen molar-refractivity contribution >= 4 is 21.9 Å². The van der Waals surface area contributed by atoms with Crippen LogP contribution in [-0.2, 0) is 14.8 Å². The smallest absolute Gasteiger partial charge is 0.308 e. The van der Waals surface area contributed by atoms with Crippen molar-refractivity contribution in [3.05, 3.63) is 29.8 Å². The minimum absolute atomic E-state index is 0.0297. The van der Waals surface area contributed by atoms with E-state index in [1.165, 1.54) is 24.3 Å². The third-order valence-electron chi connectivity index (χ3n) is 4.01. The number of nitrogens with one attached hydrogen (secondary N) is 2. The molecule has 7 nitrogen and oxygen atoms in total. The van der Waals surface area contributed by atoms with Gasteiger partial charge in [-0.3, -0.25) is 9.59 Å². The molecule has 0 saturated heterocycles. The van der Waals surface area contributed by atoms with Crippen LogP contribution >= 0.6 is 0 Å². The fourth-order valence-electron chi connectivity index (χ4n) is 2.36. The van der Waals surface area contributed by atoms with Crippen molar-refractivity contribution in [2.24, 2.45) is 11.8 Å². The van der Waals surface area contributed by atoms with Gasteiger partial charge < -0.3 is 10.4 Å². The first-order chi connectivity index (χ1) is 12.1. The van der Waals surface area contributed by atoms with E-state index in [4.69, 9.17) is 0 Å². The van der Waals surface area contributed by atoms with Crippen LogP contribution in [0.4, 0.5) is 0 Å². The Balaban J connectivity index is 2.76. The van der Waals surface area contributed by atoms with Crippen molar-refractivity contribution in [2.75, 3.05) is 6.54 Å². The fraction of sp³-hybridized carbons (Fsp3) is 0.556. The van der Waals surface area contributed by atoms with E-state index in [1.807, 2.05) is 20.8 Å². The zero-order chi connectivity index (χ0) is 19.9. The van der Waals surface area contributed by atoms with Crippen LogP contribution in [0.2, 0.25) is 0 Å². The monoisotopic (exact) mass is 384 g/mol. The lowest BCUT2D eigenvalue weighted by Gasteiger charge is -2.15. The molecule has 1 amide bonds. The molecule has 0 aliphatic rings. The van der Waals surface area contributed by atoms with Crippen LogP contribution in [0.15, 0.2) is 29.2 Å². The van der Waals surface area contributed by atoms with E-state index < -0.39 is 27.8 Å². The number of carbonyl (C=O) groups excluding carboxylic acids is 1. The molecule has 3 N–H and O–H groups in total. The minimum Gasteiger partial charge on any atom is -0.481 e. The summed E-state index contributed by atoms with van der Waals surface area (Å²) in [7, 11) is -3.62.